The monoisotopic (exact) mass is 417 g/mol. The first-order valence-electron chi connectivity index (χ1n) is 9.49. The molecule has 8 heteroatoms. The normalized spacial score (nSPS) is 13.6. The molecule has 7 nitrogen and oxygen atoms in total. The van der Waals surface area contributed by atoms with E-state index >= 15 is 0 Å². The average Bonchev–Trinajstić information content (AvgIpc) is 3.34. The Labute approximate surface area is 178 Å². The highest BCUT2D eigenvalue weighted by molar-refractivity contribution is 7.12. The first kappa shape index (κ1) is 19.6. The van der Waals surface area contributed by atoms with Gasteiger partial charge in [-0.05, 0) is 41.8 Å². The number of thiophene rings is 1. The van der Waals surface area contributed by atoms with E-state index in [4.69, 9.17) is 5.26 Å². The van der Waals surface area contributed by atoms with Crippen molar-refractivity contribution in [3.05, 3.63) is 76.1 Å². The van der Waals surface area contributed by atoms with Gasteiger partial charge in [-0.15, -0.1) is 11.3 Å². The maximum atomic E-state index is 12.9. The Morgan fingerprint density at radius 1 is 1.07 bits per heavy atom. The maximum absolute atomic E-state index is 12.9. The van der Waals surface area contributed by atoms with Crippen LogP contribution in [0, 0.1) is 11.3 Å². The Kier molecular flexibility index (Phi) is 5.72. The van der Waals surface area contributed by atoms with Crippen LogP contribution < -0.4 is 10.2 Å². The fourth-order valence-corrected chi connectivity index (χ4v) is 3.93. The molecule has 1 aliphatic rings. The van der Waals surface area contributed by atoms with Gasteiger partial charge in [0.15, 0.2) is 0 Å². The fourth-order valence-electron chi connectivity index (χ4n) is 3.31. The molecule has 1 aliphatic heterocycles. The Morgan fingerprint density at radius 2 is 1.90 bits per heavy atom. The van der Waals surface area contributed by atoms with E-state index < -0.39 is 0 Å². The minimum Gasteiger partial charge on any atom is -0.353 e. The van der Waals surface area contributed by atoms with E-state index in [0.29, 0.717) is 47.9 Å². The maximum Gasteiger partial charge on any atom is 0.265 e. The number of pyridine rings is 1. The van der Waals surface area contributed by atoms with E-state index in [1.54, 1.807) is 53.6 Å². The predicted molar refractivity (Wildman–Crippen MR) is 116 cm³/mol. The number of rotatable bonds is 4. The summed E-state index contributed by atoms with van der Waals surface area (Å²) in [5.41, 5.74) is 1.70. The molecule has 2 amide bonds. The van der Waals surface area contributed by atoms with Gasteiger partial charge in [0.05, 0.1) is 16.5 Å². The first-order chi connectivity index (χ1) is 14.6. The van der Waals surface area contributed by atoms with Crippen LogP contribution >= 0.6 is 11.3 Å². The number of carbonyl (C=O) groups excluding carboxylic acids is 2. The van der Waals surface area contributed by atoms with Gasteiger partial charge in [-0.25, -0.2) is 4.98 Å². The molecular formula is C22H19N5O2S. The zero-order chi connectivity index (χ0) is 20.9. The van der Waals surface area contributed by atoms with Crippen molar-refractivity contribution in [2.75, 3.05) is 36.4 Å². The number of nitriles is 1. The van der Waals surface area contributed by atoms with Crippen molar-refractivity contribution >= 4 is 34.7 Å². The fraction of sp³-hybridized carbons (Fsp3) is 0.182. The summed E-state index contributed by atoms with van der Waals surface area (Å²) in [4.78, 5) is 34.0. The number of anilines is 2. The van der Waals surface area contributed by atoms with E-state index in [1.165, 1.54) is 11.3 Å². The third-order valence-corrected chi connectivity index (χ3v) is 5.75. The van der Waals surface area contributed by atoms with Gasteiger partial charge in [-0.2, -0.15) is 5.26 Å². The van der Waals surface area contributed by atoms with Gasteiger partial charge in [0, 0.05) is 43.6 Å². The van der Waals surface area contributed by atoms with Crippen LogP contribution in [0.5, 0.6) is 0 Å². The lowest BCUT2D eigenvalue weighted by Gasteiger charge is -2.35. The minimum absolute atomic E-state index is 0.0689. The first-order valence-corrected chi connectivity index (χ1v) is 10.4. The summed E-state index contributed by atoms with van der Waals surface area (Å²) in [6.07, 6.45) is 1.63. The molecule has 0 radical (unpaired) electrons. The van der Waals surface area contributed by atoms with Crippen LogP contribution in [0.3, 0.4) is 0 Å². The lowest BCUT2D eigenvalue weighted by Crippen LogP contribution is -2.49. The van der Waals surface area contributed by atoms with Crippen molar-refractivity contribution in [1.29, 1.82) is 5.26 Å². The van der Waals surface area contributed by atoms with Crippen LogP contribution in [-0.2, 0) is 0 Å². The van der Waals surface area contributed by atoms with Crippen LogP contribution in [0.1, 0.15) is 25.6 Å². The molecule has 0 atom stereocenters. The summed E-state index contributed by atoms with van der Waals surface area (Å²) in [7, 11) is 0. The van der Waals surface area contributed by atoms with Gasteiger partial charge >= 0.3 is 0 Å². The van der Waals surface area contributed by atoms with E-state index in [9.17, 15) is 9.59 Å². The topological polar surface area (TPSA) is 89.3 Å². The van der Waals surface area contributed by atoms with Gasteiger partial charge in [-0.3, -0.25) is 9.59 Å². The Balaban J connectivity index is 1.39. The molecule has 30 heavy (non-hydrogen) atoms. The SMILES string of the molecule is N#Cc1ccnc(N2CCN(C(=O)c3cccc(NC(=O)c4cccs4)c3)CC2)c1. The second kappa shape index (κ2) is 8.76. The highest BCUT2D eigenvalue weighted by atomic mass is 32.1. The Bertz CT molecular complexity index is 1100. The number of hydrogen-bond donors (Lipinski definition) is 1. The second-order valence-electron chi connectivity index (χ2n) is 6.81. The molecular weight excluding hydrogens is 398 g/mol. The molecule has 0 bridgehead atoms. The number of benzene rings is 1. The van der Waals surface area contributed by atoms with Crippen molar-refractivity contribution in [1.82, 2.24) is 9.88 Å². The van der Waals surface area contributed by atoms with Gasteiger partial charge < -0.3 is 15.1 Å². The number of piperazine rings is 1. The summed E-state index contributed by atoms with van der Waals surface area (Å²) in [6, 6.07) is 16.1. The quantitative estimate of drug-likeness (QED) is 0.704. The number of carbonyl (C=O) groups is 2. The molecule has 150 valence electrons. The standard InChI is InChI=1S/C22H19N5O2S/c23-15-16-6-7-24-20(13-16)26-8-10-27(11-9-26)22(29)17-3-1-4-18(14-17)25-21(28)19-5-2-12-30-19/h1-7,12-14H,8-11H2,(H,25,28). The molecule has 4 rings (SSSR count). The van der Waals surface area contributed by atoms with E-state index in [0.717, 1.165) is 5.82 Å². The van der Waals surface area contributed by atoms with Gasteiger partial charge in [0.1, 0.15) is 5.82 Å². The van der Waals surface area contributed by atoms with Gasteiger partial charge in [0.2, 0.25) is 0 Å². The molecule has 0 unspecified atom stereocenters. The molecule has 0 saturated carbocycles. The number of hydrogen-bond acceptors (Lipinski definition) is 6. The summed E-state index contributed by atoms with van der Waals surface area (Å²) in [5, 5.41) is 13.7. The highest BCUT2D eigenvalue weighted by Crippen LogP contribution is 2.19. The summed E-state index contributed by atoms with van der Waals surface area (Å²) < 4.78 is 0. The molecule has 3 aromatic rings. The third-order valence-electron chi connectivity index (χ3n) is 4.88. The molecule has 0 aliphatic carbocycles. The van der Waals surface area contributed by atoms with E-state index in [2.05, 4.69) is 21.3 Å². The van der Waals surface area contributed by atoms with Crippen LogP contribution in [-0.4, -0.2) is 47.9 Å². The van der Waals surface area contributed by atoms with Crippen LogP contribution in [0.2, 0.25) is 0 Å². The van der Waals surface area contributed by atoms with Crippen molar-refractivity contribution in [3.8, 4) is 6.07 Å². The van der Waals surface area contributed by atoms with Crippen molar-refractivity contribution < 1.29 is 9.59 Å². The molecule has 1 aromatic carbocycles. The number of nitrogens with zero attached hydrogens (tertiary/aromatic N) is 4. The Morgan fingerprint density at radius 3 is 2.63 bits per heavy atom. The second-order valence-corrected chi connectivity index (χ2v) is 7.75. The van der Waals surface area contributed by atoms with Gasteiger partial charge in [-0.1, -0.05) is 12.1 Å². The van der Waals surface area contributed by atoms with Crippen LogP contribution in [0.15, 0.2) is 60.1 Å². The largest absolute Gasteiger partial charge is 0.353 e. The zero-order valence-electron chi connectivity index (χ0n) is 16.1. The molecule has 3 heterocycles. The number of amides is 2. The minimum atomic E-state index is -0.185. The summed E-state index contributed by atoms with van der Waals surface area (Å²) >= 11 is 1.37. The molecule has 1 N–H and O–H groups in total. The molecule has 1 fully saturated rings. The smallest absolute Gasteiger partial charge is 0.265 e. The summed E-state index contributed by atoms with van der Waals surface area (Å²) in [5.74, 6) is 0.496. The van der Waals surface area contributed by atoms with E-state index in [1.807, 2.05) is 11.4 Å². The lowest BCUT2D eigenvalue weighted by molar-refractivity contribution is 0.0746. The number of nitrogens with one attached hydrogen (secondary N) is 1. The lowest BCUT2D eigenvalue weighted by atomic mass is 10.1. The van der Waals surface area contributed by atoms with Crippen molar-refractivity contribution in [2.24, 2.45) is 0 Å². The Hall–Kier alpha value is -3.70. The predicted octanol–water partition coefficient (Wildman–Crippen LogP) is 3.23. The van der Waals surface area contributed by atoms with Crippen molar-refractivity contribution in [3.63, 3.8) is 0 Å². The highest BCUT2D eigenvalue weighted by Gasteiger charge is 2.23. The number of aromatic nitrogens is 1. The average molecular weight is 417 g/mol. The third kappa shape index (κ3) is 4.31. The zero-order valence-corrected chi connectivity index (χ0v) is 16.9. The molecule has 0 spiro atoms. The van der Waals surface area contributed by atoms with Crippen LogP contribution in [0.25, 0.3) is 0 Å². The van der Waals surface area contributed by atoms with E-state index in [-0.39, 0.29) is 11.8 Å². The summed E-state index contributed by atoms with van der Waals surface area (Å²) in [6.45, 7) is 2.40. The molecule has 1 saturated heterocycles. The molecule has 2 aromatic heterocycles. The van der Waals surface area contributed by atoms with Gasteiger partial charge in [0.25, 0.3) is 11.8 Å². The van der Waals surface area contributed by atoms with Crippen molar-refractivity contribution in [2.45, 2.75) is 0 Å². The van der Waals surface area contributed by atoms with Crippen LogP contribution in [0.4, 0.5) is 11.5 Å².